The summed E-state index contributed by atoms with van der Waals surface area (Å²) in [6.07, 6.45) is 0. The topological polar surface area (TPSA) is 95.7 Å². The minimum absolute atomic E-state index is 0.0749. The van der Waals surface area contributed by atoms with Gasteiger partial charge in [0.2, 0.25) is 11.8 Å². The van der Waals surface area contributed by atoms with E-state index in [4.69, 9.17) is 5.73 Å². The number of urea groups is 1. The molecule has 7 nitrogen and oxygen atoms in total. The van der Waals surface area contributed by atoms with E-state index in [1.165, 1.54) is 4.90 Å². The van der Waals surface area contributed by atoms with Crippen molar-refractivity contribution in [2.24, 2.45) is 5.73 Å². The predicted molar refractivity (Wildman–Crippen MR) is 77.7 cm³/mol. The third kappa shape index (κ3) is 3.71. The third-order valence-electron chi connectivity index (χ3n) is 3.23. The first-order valence-electron chi connectivity index (χ1n) is 6.65. The third-order valence-corrected chi connectivity index (χ3v) is 3.23. The molecule has 0 unspecified atom stereocenters. The Kier molecular flexibility index (Phi) is 4.42. The van der Waals surface area contributed by atoms with Crippen LogP contribution in [0.1, 0.15) is 5.56 Å². The number of nitrogens with one attached hydrogen (secondary N) is 1. The summed E-state index contributed by atoms with van der Waals surface area (Å²) in [5.74, 6) is -1.01. The lowest BCUT2D eigenvalue weighted by Gasteiger charge is -2.18. The summed E-state index contributed by atoms with van der Waals surface area (Å²) in [4.78, 5) is 37.5. The summed E-state index contributed by atoms with van der Waals surface area (Å²) in [6.45, 7) is 2.68. The van der Waals surface area contributed by atoms with Crippen molar-refractivity contribution < 1.29 is 14.4 Å². The lowest BCUT2D eigenvalue weighted by atomic mass is 10.2. The van der Waals surface area contributed by atoms with Gasteiger partial charge in [0.25, 0.3) is 0 Å². The molecule has 21 heavy (non-hydrogen) atoms. The maximum absolute atomic E-state index is 12.2. The van der Waals surface area contributed by atoms with Crippen molar-refractivity contribution in [3.63, 3.8) is 0 Å². The Balaban J connectivity index is 1.93. The van der Waals surface area contributed by atoms with Gasteiger partial charge in [0, 0.05) is 18.8 Å². The Hall–Kier alpha value is -2.57. The Morgan fingerprint density at radius 2 is 1.90 bits per heavy atom. The summed E-state index contributed by atoms with van der Waals surface area (Å²) in [5, 5.41) is 2.37. The number of anilines is 1. The van der Waals surface area contributed by atoms with Crippen LogP contribution >= 0.6 is 0 Å². The number of rotatable bonds is 5. The number of nitrogens with two attached hydrogens (primary N) is 1. The van der Waals surface area contributed by atoms with Gasteiger partial charge in [0.05, 0.1) is 6.54 Å². The van der Waals surface area contributed by atoms with Gasteiger partial charge in [-0.3, -0.25) is 14.5 Å². The number of aryl methyl sites for hydroxylation is 1. The number of hydrogen-bond acceptors (Lipinski definition) is 3. The largest absolute Gasteiger partial charge is 0.368 e. The Bertz CT molecular complexity index is 556. The Morgan fingerprint density at radius 3 is 2.52 bits per heavy atom. The molecule has 1 aromatic carbocycles. The average Bonchev–Trinajstić information content (AvgIpc) is 2.79. The minimum Gasteiger partial charge on any atom is -0.368 e. The van der Waals surface area contributed by atoms with Crippen LogP contribution in [-0.4, -0.2) is 48.9 Å². The van der Waals surface area contributed by atoms with Crippen molar-refractivity contribution in [1.82, 2.24) is 10.2 Å². The fourth-order valence-corrected chi connectivity index (χ4v) is 2.11. The second kappa shape index (κ2) is 6.25. The zero-order chi connectivity index (χ0) is 15.4. The molecule has 0 aromatic heterocycles. The first kappa shape index (κ1) is 14.8. The summed E-state index contributed by atoms with van der Waals surface area (Å²) < 4.78 is 0. The fourth-order valence-electron chi connectivity index (χ4n) is 2.11. The molecule has 1 aliphatic rings. The van der Waals surface area contributed by atoms with Crippen molar-refractivity contribution in [1.29, 1.82) is 0 Å². The number of carbonyl (C=O) groups excluding carboxylic acids is 3. The van der Waals surface area contributed by atoms with Crippen molar-refractivity contribution in [3.05, 3.63) is 29.8 Å². The average molecular weight is 290 g/mol. The van der Waals surface area contributed by atoms with E-state index in [-0.39, 0.29) is 19.1 Å². The normalized spacial score (nSPS) is 14.4. The zero-order valence-electron chi connectivity index (χ0n) is 11.8. The summed E-state index contributed by atoms with van der Waals surface area (Å²) >= 11 is 0. The molecule has 7 heteroatoms. The van der Waals surface area contributed by atoms with Gasteiger partial charge in [-0.15, -0.1) is 0 Å². The second-order valence-corrected chi connectivity index (χ2v) is 4.93. The molecule has 1 aromatic rings. The molecule has 2 rings (SSSR count). The number of primary amides is 1. The SMILES string of the molecule is Cc1ccc(N2CCN(CC(=O)NCC(N)=O)C2=O)cc1. The monoisotopic (exact) mass is 290 g/mol. The molecular formula is C14H18N4O3. The van der Waals surface area contributed by atoms with Crippen LogP contribution in [0, 0.1) is 6.92 Å². The lowest BCUT2D eigenvalue weighted by Crippen LogP contribution is -2.42. The highest BCUT2D eigenvalue weighted by Gasteiger charge is 2.30. The Morgan fingerprint density at radius 1 is 1.24 bits per heavy atom. The molecule has 0 atom stereocenters. The van der Waals surface area contributed by atoms with Crippen molar-refractivity contribution >= 4 is 23.5 Å². The maximum atomic E-state index is 12.2. The molecule has 1 fully saturated rings. The molecule has 1 aliphatic heterocycles. The number of nitrogens with zero attached hydrogens (tertiary/aromatic N) is 2. The van der Waals surface area contributed by atoms with Crippen molar-refractivity contribution in [2.75, 3.05) is 31.1 Å². The van der Waals surface area contributed by atoms with E-state index in [2.05, 4.69) is 5.32 Å². The summed E-state index contributed by atoms with van der Waals surface area (Å²) in [5.41, 5.74) is 6.87. The van der Waals surface area contributed by atoms with E-state index in [1.807, 2.05) is 31.2 Å². The molecule has 112 valence electrons. The molecule has 0 spiro atoms. The van der Waals surface area contributed by atoms with Crippen LogP contribution in [-0.2, 0) is 9.59 Å². The van der Waals surface area contributed by atoms with Gasteiger partial charge in [-0.05, 0) is 19.1 Å². The summed E-state index contributed by atoms with van der Waals surface area (Å²) in [7, 11) is 0. The smallest absolute Gasteiger partial charge is 0.325 e. The maximum Gasteiger partial charge on any atom is 0.325 e. The molecule has 3 N–H and O–H groups in total. The van der Waals surface area contributed by atoms with E-state index in [9.17, 15) is 14.4 Å². The second-order valence-electron chi connectivity index (χ2n) is 4.93. The standard InChI is InChI=1S/C14H18N4O3/c1-10-2-4-11(5-3-10)18-7-6-17(14(18)21)9-13(20)16-8-12(15)19/h2-5H,6-9H2,1H3,(H2,15,19)(H,16,20). The first-order valence-corrected chi connectivity index (χ1v) is 6.65. The van der Waals surface area contributed by atoms with Gasteiger partial charge in [0.15, 0.2) is 0 Å². The van der Waals surface area contributed by atoms with Crippen molar-refractivity contribution in [2.45, 2.75) is 6.92 Å². The fraction of sp³-hybridized carbons (Fsp3) is 0.357. The minimum atomic E-state index is -0.614. The van der Waals surface area contributed by atoms with Gasteiger partial charge in [-0.25, -0.2) is 4.79 Å². The van der Waals surface area contributed by atoms with Crippen LogP contribution in [0.3, 0.4) is 0 Å². The van der Waals surface area contributed by atoms with E-state index < -0.39 is 11.8 Å². The van der Waals surface area contributed by atoms with E-state index in [0.717, 1.165) is 11.3 Å². The number of hydrogen-bond donors (Lipinski definition) is 2. The molecule has 4 amide bonds. The van der Waals surface area contributed by atoms with Gasteiger partial charge in [-0.1, -0.05) is 17.7 Å². The van der Waals surface area contributed by atoms with Crippen molar-refractivity contribution in [3.8, 4) is 0 Å². The molecule has 0 aliphatic carbocycles. The quantitative estimate of drug-likeness (QED) is 0.788. The van der Waals surface area contributed by atoms with Crippen LogP contribution in [0.4, 0.5) is 10.5 Å². The van der Waals surface area contributed by atoms with Gasteiger partial charge in [-0.2, -0.15) is 0 Å². The van der Waals surface area contributed by atoms with Gasteiger partial charge >= 0.3 is 6.03 Å². The van der Waals surface area contributed by atoms with Gasteiger partial charge < -0.3 is 16.0 Å². The number of carbonyl (C=O) groups is 3. The molecular weight excluding hydrogens is 272 g/mol. The highest BCUT2D eigenvalue weighted by atomic mass is 16.2. The van der Waals surface area contributed by atoms with Crippen LogP contribution in [0.15, 0.2) is 24.3 Å². The molecule has 0 saturated carbocycles. The predicted octanol–water partition coefficient (Wildman–Crippen LogP) is -0.161. The number of benzene rings is 1. The van der Waals surface area contributed by atoms with E-state index in [1.54, 1.807) is 4.90 Å². The van der Waals surface area contributed by atoms with Gasteiger partial charge in [0.1, 0.15) is 6.54 Å². The zero-order valence-corrected chi connectivity index (χ0v) is 11.8. The molecule has 1 heterocycles. The summed E-state index contributed by atoms with van der Waals surface area (Å²) in [6, 6.07) is 7.41. The molecule has 1 saturated heterocycles. The Labute approximate surface area is 122 Å². The first-order chi connectivity index (χ1) is 9.97. The van der Waals surface area contributed by atoms with Crippen LogP contribution in [0.25, 0.3) is 0 Å². The van der Waals surface area contributed by atoms with Crippen LogP contribution in [0.5, 0.6) is 0 Å². The highest BCUT2D eigenvalue weighted by Crippen LogP contribution is 2.20. The number of amides is 4. The van der Waals surface area contributed by atoms with E-state index >= 15 is 0 Å². The van der Waals surface area contributed by atoms with Crippen LogP contribution in [0.2, 0.25) is 0 Å². The highest BCUT2D eigenvalue weighted by molar-refractivity contribution is 5.96. The van der Waals surface area contributed by atoms with E-state index in [0.29, 0.717) is 13.1 Å². The van der Waals surface area contributed by atoms with Crippen LogP contribution < -0.4 is 16.0 Å². The lowest BCUT2D eigenvalue weighted by molar-refractivity contribution is -0.125. The molecule has 0 radical (unpaired) electrons. The molecule has 0 bridgehead atoms.